The largest absolute Gasteiger partial charge is 0.494 e. The van der Waals surface area contributed by atoms with Gasteiger partial charge in [-0.25, -0.2) is 0 Å². The van der Waals surface area contributed by atoms with Crippen LogP contribution < -0.4 is 5.46 Å². The van der Waals surface area contributed by atoms with Crippen LogP contribution in [-0.4, -0.2) is 19.3 Å². The molecule has 0 fully saturated rings. The quantitative estimate of drug-likeness (QED) is 0.302. The van der Waals surface area contributed by atoms with Crippen molar-refractivity contribution in [3.05, 3.63) is 66.7 Å². The normalized spacial score (nSPS) is 12.1. The molecule has 0 amide bonds. The van der Waals surface area contributed by atoms with Crippen molar-refractivity contribution in [3.8, 4) is 0 Å². The van der Waals surface area contributed by atoms with Crippen LogP contribution in [0.1, 0.15) is 34.1 Å². The number of hydrogen-bond acceptors (Lipinski definition) is 2. The molecule has 0 saturated heterocycles. The molecule has 0 atom stereocenters. The van der Waals surface area contributed by atoms with Crippen LogP contribution >= 0.6 is 0 Å². The Bertz CT molecular complexity index is 1100. The lowest BCUT2D eigenvalue weighted by Crippen LogP contribution is -2.43. The molecule has 0 bridgehead atoms. The molecule has 142 valence electrons. The van der Waals surface area contributed by atoms with Gasteiger partial charge in [0.2, 0.25) is 0 Å². The van der Waals surface area contributed by atoms with Crippen LogP contribution in [0.15, 0.2) is 66.7 Å². The maximum atomic E-state index is 6.34. The Morgan fingerprint density at radius 3 is 1.71 bits per heavy atom. The van der Waals surface area contributed by atoms with E-state index in [0.29, 0.717) is 6.61 Å². The van der Waals surface area contributed by atoms with Crippen LogP contribution in [-0.2, 0) is 9.31 Å². The van der Waals surface area contributed by atoms with Gasteiger partial charge in [0.15, 0.2) is 0 Å². The first kappa shape index (κ1) is 19.0. The topological polar surface area (TPSA) is 18.5 Å². The van der Waals surface area contributed by atoms with Gasteiger partial charge in [-0.15, -0.1) is 0 Å². The molecular formula is C25H27BO2. The molecule has 0 heterocycles. The number of rotatable bonds is 6. The maximum Gasteiger partial charge on any atom is 0.494 e. The zero-order valence-electron chi connectivity index (χ0n) is 17.2. The van der Waals surface area contributed by atoms with E-state index in [0.717, 1.165) is 11.9 Å². The minimum absolute atomic E-state index is 0.236. The van der Waals surface area contributed by atoms with Gasteiger partial charge in [-0.1, -0.05) is 73.7 Å². The second kappa shape index (κ2) is 7.58. The Balaban J connectivity index is 1.95. The molecule has 2 nitrogen and oxygen atoms in total. The Labute approximate surface area is 167 Å². The highest BCUT2D eigenvalue weighted by Crippen LogP contribution is 2.34. The molecule has 0 aliphatic heterocycles. The van der Waals surface area contributed by atoms with Crippen molar-refractivity contribution >= 4 is 44.9 Å². The molecule has 3 heteroatoms. The van der Waals surface area contributed by atoms with Gasteiger partial charge in [-0.2, -0.15) is 0 Å². The summed E-state index contributed by atoms with van der Waals surface area (Å²) in [4.78, 5) is 0. The lowest BCUT2D eigenvalue weighted by Gasteiger charge is -2.28. The number of benzene rings is 4. The van der Waals surface area contributed by atoms with Crippen LogP contribution in [0.2, 0.25) is 0 Å². The van der Waals surface area contributed by atoms with Crippen LogP contribution in [0.3, 0.4) is 0 Å². The number of fused-ring (bicyclic) bond motifs is 6. The molecule has 0 aliphatic carbocycles. The molecular weight excluding hydrogens is 343 g/mol. The van der Waals surface area contributed by atoms with E-state index in [-0.39, 0.29) is 12.7 Å². The minimum atomic E-state index is -0.366. The summed E-state index contributed by atoms with van der Waals surface area (Å²) in [5.74, 6) is 0. The van der Waals surface area contributed by atoms with E-state index < -0.39 is 0 Å². The molecule has 0 radical (unpaired) electrons. The number of hydrogen-bond donors (Lipinski definition) is 0. The molecule has 0 N–H and O–H groups in total. The summed E-state index contributed by atoms with van der Waals surface area (Å²) in [5.41, 5.74) is 0.830. The minimum Gasteiger partial charge on any atom is -0.408 e. The third kappa shape index (κ3) is 3.41. The Morgan fingerprint density at radius 2 is 1.21 bits per heavy atom. The van der Waals surface area contributed by atoms with Gasteiger partial charge in [0.1, 0.15) is 0 Å². The summed E-state index contributed by atoms with van der Waals surface area (Å²) < 4.78 is 12.3. The van der Waals surface area contributed by atoms with Gasteiger partial charge in [0.05, 0.1) is 0 Å². The van der Waals surface area contributed by atoms with Gasteiger partial charge < -0.3 is 9.31 Å². The van der Waals surface area contributed by atoms with Crippen LogP contribution in [0.25, 0.3) is 32.3 Å². The van der Waals surface area contributed by atoms with Crippen molar-refractivity contribution in [2.75, 3.05) is 6.61 Å². The standard InChI is InChI=1S/C25H27BO2/c1-5-25(3,4)28-26(27-6-2)18-15-16-23-21-13-8-7-11-19(21)20-12-9-10-14-22(20)24(23)17-18/h7-17H,5-6H2,1-4H3. The van der Waals surface area contributed by atoms with Gasteiger partial charge in [-0.3, -0.25) is 0 Å². The van der Waals surface area contributed by atoms with Crippen molar-refractivity contribution in [1.29, 1.82) is 0 Å². The van der Waals surface area contributed by atoms with Crippen molar-refractivity contribution in [3.63, 3.8) is 0 Å². The van der Waals surface area contributed by atoms with Gasteiger partial charge >= 0.3 is 7.12 Å². The smallest absolute Gasteiger partial charge is 0.408 e. The summed E-state index contributed by atoms with van der Waals surface area (Å²) >= 11 is 0. The Morgan fingerprint density at radius 1 is 0.714 bits per heavy atom. The summed E-state index contributed by atoms with van der Waals surface area (Å²) in [6, 6.07) is 23.9. The summed E-state index contributed by atoms with van der Waals surface area (Å²) in [6.45, 7) is 9.00. The molecule has 4 aromatic rings. The molecule has 0 saturated carbocycles. The SMILES string of the molecule is CCOB(OC(C)(C)CC)c1ccc2c3ccccc3c3ccccc3c2c1. The summed E-state index contributed by atoms with van der Waals surface area (Å²) in [7, 11) is -0.366. The van der Waals surface area contributed by atoms with Gasteiger partial charge in [0, 0.05) is 12.2 Å². The highest BCUT2D eigenvalue weighted by atomic mass is 16.6. The van der Waals surface area contributed by atoms with Crippen LogP contribution in [0.4, 0.5) is 0 Å². The lowest BCUT2D eigenvalue weighted by atomic mass is 9.76. The molecule has 4 aromatic carbocycles. The van der Waals surface area contributed by atoms with Crippen LogP contribution in [0, 0.1) is 0 Å². The maximum absolute atomic E-state index is 6.34. The highest BCUT2D eigenvalue weighted by Gasteiger charge is 2.29. The Hall–Kier alpha value is -2.36. The zero-order chi connectivity index (χ0) is 19.7. The van der Waals surface area contributed by atoms with Gasteiger partial charge in [-0.05, 0) is 65.0 Å². The first-order valence-corrected chi connectivity index (χ1v) is 10.2. The predicted octanol–water partition coefficient (Wildman–Crippen LogP) is 6.08. The average Bonchev–Trinajstić information content (AvgIpc) is 2.73. The fraction of sp³-hybridized carbons (Fsp3) is 0.280. The van der Waals surface area contributed by atoms with E-state index in [1.54, 1.807) is 0 Å². The lowest BCUT2D eigenvalue weighted by molar-refractivity contribution is 0.0706. The molecule has 4 rings (SSSR count). The monoisotopic (exact) mass is 370 g/mol. The van der Waals surface area contributed by atoms with Crippen molar-refractivity contribution < 1.29 is 9.31 Å². The van der Waals surface area contributed by atoms with Crippen molar-refractivity contribution in [2.24, 2.45) is 0 Å². The fourth-order valence-corrected chi connectivity index (χ4v) is 3.79. The van der Waals surface area contributed by atoms with E-state index in [9.17, 15) is 0 Å². The van der Waals surface area contributed by atoms with E-state index in [1.807, 2.05) is 6.92 Å². The molecule has 0 spiro atoms. The zero-order valence-corrected chi connectivity index (χ0v) is 17.2. The molecule has 0 unspecified atom stereocenters. The fourth-order valence-electron chi connectivity index (χ4n) is 3.79. The van der Waals surface area contributed by atoms with Crippen LogP contribution in [0.5, 0.6) is 0 Å². The first-order valence-electron chi connectivity index (χ1n) is 10.2. The Kier molecular flexibility index (Phi) is 5.14. The van der Waals surface area contributed by atoms with Crippen molar-refractivity contribution in [1.82, 2.24) is 0 Å². The van der Waals surface area contributed by atoms with E-state index in [1.165, 1.54) is 32.3 Å². The second-order valence-electron chi connectivity index (χ2n) is 7.91. The van der Waals surface area contributed by atoms with E-state index >= 15 is 0 Å². The third-order valence-corrected chi connectivity index (χ3v) is 5.64. The third-order valence-electron chi connectivity index (χ3n) is 5.64. The second-order valence-corrected chi connectivity index (χ2v) is 7.91. The van der Waals surface area contributed by atoms with E-state index in [2.05, 4.69) is 87.5 Å². The van der Waals surface area contributed by atoms with E-state index in [4.69, 9.17) is 9.31 Å². The summed E-state index contributed by atoms with van der Waals surface area (Å²) in [6.07, 6.45) is 0.928. The first-order chi connectivity index (χ1) is 13.5. The molecule has 0 aliphatic rings. The van der Waals surface area contributed by atoms with Crippen molar-refractivity contribution in [2.45, 2.75) is 39.7 Å². The predicted molar refractivity (Wildman–Crippen MR) is 121 cm³/mol. The average molecular weight is 370 g/mol. The summed E-state index contributed by atoms with van der Waals surface area (Å²) in [5, 5.41) is 7.64. The van der Waals surface area contributed by atoms with Gasteiger partial charge in [0.25, 0.3) is 0 Å². The molecule has 0 aromatic heterocycles. The molecule has 28 heavy (non-hydrogen) atoms. The highest BCUT2D eigenvalue weighted by molar-refractivity contribution is 6.62.